The van der Waals surface area contributed by atoms with E-state index in [9.17, 15) is 9.59 Å². The van der Waals surface area contributed by atoms with Crippen molar-refractivity contribution in [1.82, 2.24) is 36.6 Å². The summed E-state index contributed by atoms with van der Waals surface area (Å²) in [5.41, 5.74) is 9.00. The summed E-state index contributed by atoms with van der Waals surface area (Å²) in [5.74, 6) is 2.97. The van der Waals surface area contributed by atoms with Crippen LogP contribution in [-0.2, 0) is 34.2 Å². The second-order valence-corrected chi connectivity index (χ2v) is 15.5. The van der Waals surface area contributed by atoms with Gasteiger partial charge in [-0.2, -0.15) is 23.5 Å². The molecule has 2 aromatic heterocycles. The first kappa shape index (κ1) is 37.1. The Bertz CT molecular complexity index is 2060. The van der Waals surface area contributed by atoms with Gasteiger partial charge >= 0.3 is 0 Å². The molecule has 1 aliphatic rings. The third kappa shape index (κ3) is 9.46. The summed E-state index contributed by atoms with van der Waals surface area (Å²) in [6.45, 7) is 6.06. The van der Waals surface area contributed by atoms with Gasteiger partial charge in [-0.25, -0.2) is 9.97 Å². The third-order valence-corrected chi connectivity index (χ3v) is 11.6. The van der Waals surface area contributed by atoms with Crippen molar-refractivity contribution in [2.24, 2.45) is 0 Å². The van der Waals surface area contributed by atoms with Gasteiger partial charge in [-0.15, -0.1) is 0 Å². The van der Waals surface area contributed by atoms with Gasteiger partial charge in [0.05, 0.1) is 22.1 Å². The van der Waals surface area contributed by atoms with Crippen molar-refractivity contribution < 1.29 is 9.59 Å². The van der Waals surface area contributed by atoms with Crippen LogP contribution in [0.15, 0.2) is 84.9 Å². The van der Waals surface area contributed by atoms with Gasteiger partial charge in [0.15, 0.2) is 0 Å². The lowest BCUT2D eigenvalue weighted by atomic mass is 10.0. The van der Waals surface area contributed by atoms with Crippen LogP contribution in [0, 0.1) is 0 Å². The topological polar surface area (TPSA) is 120 Å². The van der Waals surface area contributed by atoms with E-state index < -0.39 is 0 Å². The van der Waals surface area contributed by atoms with E-state index in [2.05, 4.69) is 99.4 Å². The number of carbonyl (C=O) groups is 2. The van der Waals surface area contributed by atoms with E-state index in [-0.39, 0.29) is 24.7 Å². The smallest absolute Gasteiger partial charge is 0.220 e. The van der Waals surface area contributed by atoms with E-state index in [1.807, 2.05) is 12.1 Å². The minimum absolute atomic E-state index is 0.0957. The Morgan fingerprint density at radius 1 is 0.472 bits per heavy atom. The van der Waals surface area contributed by atoms with Gasteiger partial charge < -0.3 is 26.6 Å². The molecule has 2 amide bonds. The maximum atomic E-state index is 12.5. The summed E-state index contributed by atoms with van der Waals surface area (Å²) in [5, 5.41) is 21.6. The molecule has 7 rings (SSSR count). The zero-order valence-electron chi connectivity index (χ0n) is 30.0. The number of hydrogen-bond acceptors (Lipinski definition) is 9. The van der Waals surface area contributed by atoms with Crippen molar-refractivity contribution in [1.29, 1.82) is 0 Å². The van der Waals surface area contributed by atoms with E-state index in [0.717, 1.165) is 84.3 Å². The molecule has 274 valence electrons. The van der Waals surface area contributed by atoms with Crippen molar-refractivity contribution in [3.63, 3.8) is 0 Å². The first-order valence-electron chi connectivity index (χ1n) is 18.5. The maximum absolute atomic E-state index is 12.5. The second-order valence-electron chi connectivity index (χ2n) is 13.3. The summed E-state index contributed by atoms with van der Waals surface area (Å²) in [7, 11) is 0. The van der Waals surface area contributed by atoms with Gasteiger partial charge in [0.1, 0.15) is 0 Å². The van der Waals surface area contributed by atoms with Crippen LogP contribution in [0.1, 0.15) is 35.1 Å². The van der Waals surface area contributed by atoms with Crippen molar-refractivity contribution in [2.45, 2.75) is 37.4 Å². The largest absolute Gasteiger partial charge is 0.355 e. The molecule has 0 fully saturated rings. The number of aromatic nitrogens is 2. The molecule has 5 N–H and O–H groups in total. The molecule has 9 nitrogen and oxygen atoms in total. The zero-order valence-corrected chi connectivity index (χ0v) is 31.6. The van der Waals surface area contributed by atoms with Gasteiger partial charge in [0.2, 0.25) is 11.8 Å². The average Bonchev–Trinajstić information content (AvgIpc) is 3.18. The molecule has 6 aromatic rings. The molecule has 0 spiro atoms. The van der Waals surface area contributed by atoms with Crippen LogP contribution in [-0.4, -0.2) is 72.6 Å². The molecule has 0 radical (unpaired) electrons. The number of para-hydroxylation sites is 4. The maximum Gasteiger partial charge on any atom is 0.220 e. The molecular weight excluding hydrogens is 699 g/mol. The Labute approximate surface area is 319 Å². The lowest BCUT2D eigenvalue weighted by molar-refractivity contribution is -0.126. The van der Waals surface area contributed by atoms with Crippen molar-refractivity contribution in [2.75, 3.05) is 50.8 Å². The number of nitrogens with zero attached hydrogens (tertiary/aromatic N) is 2. The van der Waals surface area contributed by atoms with Gasteiger partial charge in [0, 0.05) is 110 Å². The molecule has 0 aliphatic carbocycles. The predicted molar refractivity (Wildman–Crippen MR) is 222 cm³/mol. The number of carbonyl (C=O) groups excluding carboxylic acids is 2. The molecule has 8 bridgehead atoms. The summed E-state index contributed by atoms with van der Waals surface area (Å²) < 4.78 is 0. The van der Waals surface area contributed by atoms with Gasteiger partial charge in [-0.3, -0.25) is 9.59 Å². The summed E-state index contributed by atoms with van der Waals surface area (Å²) >= 11 is 3.56. The predicted octanol–water partition coefficient (Wildman–Crippen LogP) is 6.05. The van der Waals surface area contributed by atoms with Crippen molar-refractivity contribution in [3.05, 3.63) is 107 Å². The third-order valence-electron chi connectivity index (χ3n) is 9.60. The molecule has 3 heterocycles. The molecule has 0 unspecified atom stereocenters. The summed E-state index contributed by atoms with van der Waals surface area (Å²) in [6.07, 6.45) is 0.368. The molecule has 1 aliphatic heterocycles. The average molecular weight is 746 g/mol. The number of fused-ring (bicyclic) bond motifs is 4. The molecule has 11 heteroatoms. The van der Waals surface area contributed by atoms with Gasteiger partial charge in [0.25, 0.3) is 0 Å². The normalized spacial score (nSPS) is 17.1. The standard InChI is InChI=1S/C42H47N7O2S2/c50-39-15-16-40(51)47-22-24-53-28-30-8-6-12-34-36(32-10-2-4-14-38(32)49-42(30)34)26-45-20-18-43-17-19-44-25-35-31-9-1-3-13-37(31)48-41-29(7-5-11-33(35)41)27-52-23-21-46-39/h1-14,43-45H,15-28H2,(H,46,50)(H,47,51). The van der Waals surface area contributed by atoms with Crippen LogP contribution in [0.4, 0.5) is 0 Å². The van der Waals surface area contributed by atoms with Crippen molar-refractivity contribution in [3.8, 4) is 0 Å². The van der Waals surface area contributed by atoms with Crippen LogP contribution in [0.3, 0.4) is 0 Å². The van der Waals surface area contributed by atoms with E-state index in [4.69, 9.17) is 9.97 Å². The Morgan fingerprint density at radius 3 is 1.40 bits per heavy atom. The molecule has 53 heavy (non-hydrogen) atoms. The van der Waals surface area contributed by atoms with E-state index in [1.54, 1.807) is 23.5 Å². The lowest BCUT2D eigenvalue weighted by Crippen LogP contribution is -2.32. The Balaban J connectivity index is 1.05. The minimum Gasteiger partial charge on any atom is -0.355 e. The molecule has 0 atom stereocenters. The molecular formula is C42H47N7O2S2. The zero-order chi connectivity index (χ0) is 36.2. The SMILES string of the molecule is O=C1CCC(=O)NCCSCc2cccc3c(c4ccccc4nc23)CNCCNCCNCc2c3ccccc3nc3c(cccc23)CSCCN1. The number of benzene rings is 4. The highest BCUT2D eigenvalue weighted by atomic mass is 32.2. The summed E-state index contributed by atoms with van der Waals surface area (Å²) in [6, 6.07) is 29.7. The molecule has 0 saturated heterocycles. The van der Waals surface area contributed by atoms with Crippen LogP contribution < -0.4 is 26.6 Å². The fourth-order valence-corrected chi connectivity index (χ4v) is 8.62. The minimum atomic E-state index is -0.0957. The lowest BCUT2D eigenvalue weighted by Gasteiger charge is -2.15. The van der Waals surface area contributed by atoms with Crippen molar-refractivity contribution >= 4 is 78.9 Å². The Kier molecular flexibility index (Phi) is 13.1. The summed E-state index contributed by atoms with van der Waals surface area (Å²) in [4.78, 5) is 35.2. The second kappa shape index (κ2) is 18.7. The Hall–Kier alpha value is -4.26. The first-order chi connectivity index (χ1) is 26.2. The molecule has 4 aromatic carbocycles. The number of thioether (sulfide) groups is 2. The number of pyridine rings is 2. The van der Waals surface area contributed by atoms with Crippen LogP contribution in [0.5, 0.6) is 0 Å². The van der Waals surface area contributed by atoms with E-state index >= 15 is 0 Å². The fourth-order valence-electron chi connectivity index (χ4n) is 6.93. The number of nitrogens with one attached hydrogen (secondary N) is 5. The highest BCUT2D eigenvalue weighted by Crippen LogP contribution is 2.31. The number of hydrogen-bond donors (Lipinski definition) is 5. The van der Waals surface area contributed by atoms with E-state index in [0.29, 0.717) is 13.1 Å². The monoisotopic (exact) mass is 745 g/mol. The van der Waals surface area contributed by atoms with Crippen LogP contribution >= 0.6 is 23.5 Å². The number of amides is 2. The van der Waals surface area contributed by atoms with Gasteiger partial charge in [-0.05, 0) is 34.4 Å². The molecule has 0 saturated carbocycles. The quantitative estimate of drug-likeness (QED) is 0.119. The van der Waals surface area contributed by atoms with Gasteiger partial charge in [-0.1, -0.05) is 72.8 Å². The Morgan fingerprint density at radius 2 is 0.906 bits per heavy atom. The van der Waals surface area contributed by atoms with E-state index in [1.165, 1.54) is 43.8 Å². The van der Waals surface area contributed by atoms with Crippen LogP contribution in [0.25, 0.3) is 43.6 Å². The fraction of sp³-hybridized carbons (Fsp3) is 0.333. The highest BCUT2D eigenvalue weighted by molar-refractivity contribution is 7.98. The number of rotatable bonds is 0. The highest BCUT2D eigenvalue weighted by Gasteiger charge is 2.14. The first-order valence-corrected chi connectivity index (χ1v) is 20.9. The van der Waals surface area contributed by atoms with Crippen LogP contribution in [0.2, 0.25) is 0 Å².